The van der Waals surface area contributed by atoms with Crippen LogP contribution in [-0.2, 0) is 11.2 Å². The summed E-state index contributed by atoms with van der Waals surface area (Å²) in [5, 5.41) is 14.1. The second-order valence-corrected chi connectivity index (χ2v) is 8.93. The van der Waals surface area contributed by atoms with Gasteiger partial charge in [-0.2, -0.15) is 4.73 Å². The van der Waals surface area contributed by atoms with E-state index in [1.165, 1.54) is 36.7 Å². The van der Waals surface area contributed by atoms with Crippen LogP contribution in [0, 0.1) is 28.8 Å². The van der Waals surface area contributed by atoms with Crippen molar-refractivity contribution in [2.45, 2.75) is 32.7 Å². The number of halogens is 1. The average Bonchev–Trinajstić information content (AvgIpc) is 2.78. The molecule has 1 fully saturated rings. The molecule has 0 saturated carbocycles. The number of carbonyl (C=O) groups is 2. The number of piperidine rings is 1. The Bertz CT molecular complexity index is 997. The SMILES string of the molecule is CC1CC(C)N(C(=O)C2COc3ccc(F)cc3C2)CC1CNC(=O)c1cc[n+]([O-])cc1. The minimum atomic E-state index is -0.349. The van der Waals surface area contributed by atoms with E-state index >= 15 is 0 Å². The third kappa shape index (κ3) is 4.69. The number of benzene rings is 1. The molecule has 1 aromatic carbocycles. The lowest BCUT2D eigenvalue weighted by molar-refractivity contribution is -0.605. The predicted octanol–water partition coefficient (Wildman–Crippen LogP) is 2.31. The third-order valence-electron chi connectivity index (χ3n) is 6.63. The van der Waals surface area contributed by atoms with Crippen LogP contribution in [0.2, 0.25) is 0 Å². The second kappa shape index (κ2) is 9.14. The summed E-state index contributed by atoms with van der Waals surface area (Å²) >= 11 is 0. The van der Waals surface area contributed by atoms with E-state index in [1.807, 2.05) is 11.8 Å². The number of carbonyl (C=O) groups excluding carboxylic acids is 2. The van der Waals surface area contributed by atoms with Gasteiger partial charge in [-0.3, -0.25) is 9.59 Å². The summed E-state index contributed by atoms with van der Waals surface area (Å²) in [5.41, 5.74) is 1.14. The number of aromatic nitrogens is 1. The van der Waals surface area contributed by atoms with E-state index < -0.39 is 0 Å². The third-order valence-corrected chi connectivity index (χ3v) is 6.63. The van der Waals surface area contributed by atoms with Crippen molar-refractivity contribution >= 4 is 11.8 Å². The molecule has 0 spiro atoms. The standard InChI is InChI=1S/C24H28FN3O4/c1-15-9-16(2)28(13-20(15)12-26-23(29)17-5-7-27(31)8-6-17)24(30)19-10-18-11-21(25)3-4-22(18)32-14-19/h3-8,11,15-16,19-20H,9-10,12-14H2,1-2H3,(H,26,29). The van der Waals surface area contributed by atoms with Crippen LogP contribution in [0.3, 0.4) is 0 Å². The number of fused-ring (bicyclic) bond motifs is 1. The number of nitrogens with zero attached hydrogens (tertiary/aromatic N) is 2. The van der Waals surface area contributed by atoms with Gasteiger partial charge in [-0.05, 0) is 55.4 Å². The zero-order chi connectivity index (χ0) is 22.8. The number of ether oxygens (including phenoxy) is 1. The molecule has 2 aliphatic rings. The van der Waals surface area contributed by atoms with E-state index in [2.05, 4.69) is 12.2 Å². The Morgan fingerprint density at radius 1 is 1.25 bits per heavy atom. The number of amides is 2. The molecule has 2 aromatic rings. The van der Waals surface area contributed by atoms with Gasteiger partial charge in [0.15, 0.2) is 12.4 Å². The highest BCUT2D eigenvalue weighted by molar-refractivity contribution is 5.93. The van der Waals surface area contributed by atoms with Gasteiger partial charge in [0.2, 0.25) is 5.91 Å². The van der Waals surface area contributed by atoms with Crippen molar-refractivity contribution in [2.24, 2.45) is 17.8 Å². The number of nitrogens with one attached hydrogen (secondary N) is 1. The summed E-state index contributed by atoms with van der Waals surface area (Å²) < 4.78 is 20.0. The summed E-state index contributed by atoms with van der Waals surface area (Å²) in [6, 6.07) is 7.45. The topological polar surface area (TPSA) is 85.6 Å². The minimum absolute atomic E-state index is 0.0127. The van der Waals surface area contributed by atoms with Gasteiger partial charge in [-0.25, -0.2) is 4.39 Å². The molecule has 0 aliphatic carbocycles. The molecule has 2 amide bonds. The van der Waals surface area contributed by atoms with Gasteiger partial charge in [-0.1, -0.05) is 6.92 Å². The highest BCUT2D eigenvalue weighted by atomic mass is 19.1. The van der Waals surface area contributed by atoms with Crippen LogP contribution >= 0.6 is 0 Å². The molecule has 1 saturated heterocycles. The molecule has 170 valence electrons. The summed E-state index contributed by atoms with van der Waals surface area (Å²) in [6.45, 7) is 5.45. The maximum Gasteiger partial charge on any atom is 0.251 e. The highest BCUT2D eigenvalue weighted by Gasteiger charge is 2.38. The summed E-state index contributed by atoms with van der Waals surface area (Å²) in [6.07, 6.45) is 3.87. The fourth-order valence-corrected chi connectivity index (χ4v) is 4.69. The van der Waals surface area contributed by atoms with Crippen LogP contribution in [-0.4, -0.2) is 42.5 Å². The Balaban J connectivity index is 1.39. The van der Waals surface area contributed by atoms with Crippen LogP contribution in [0.4, 0.5) is 4.39 Å². The normalized spacial score (nSPS) is 24.9. The molecule has 2 aliphatic heterocycles. The molecule has 4 unspecified atom stereocenters. The predicted molar refractivity (Wildman–Crippen MR) is 115 cm³/mol. The molecular formula is C24H28FN3O4. The van der Waals surface area contributed by atoms with Gasteiger partial charge in [0.1, 0.15) is 18.2 Å². The molecule has 32 heavy (non-hydrogen) atoms. The number of hydrogen-bond acceptors (Lipinski definition) is 4. The van der Waals surface area contributed by atoms with Crippen molar-refractivity contribution in [1.29, 1.82) is 0 Å². The van der Waals surface area contributed by atoms with Crippen LogP contribution in [0.1, 0.15) is 36.2 Å². The van der Waals surface area contributed by atoms with E-state index in [9.17, 15) is 19.2 Å². The maximum absolute atomic E-state index is 13.6. The molecule has 1 aromatic heterocycles. The second-order valence-electron chi connectivity index (χ2n) is 8.93. The largest absolute Gasteiger partial charge is 0.619 e. The molecule has 0 radical (unpaired) electrons. The van der Waals surface area contributed by atoms with Crippen LogP contribution in [0.25, 0.3) is 0 Å². The smallest absolute Gasteiger partial charge is 0.251 e. The first kappa shape index (κ1) is 22.0. The monoisotopic (exact) mass is 441 g/mol. The van der Waals surface area contributed by atoms with Crippen molar-refractivity contribution in [3.8, 4) is 5.75 Å². The van der Waals surface area contributed by atoms with Gasteiger partial charge in [0.05, 0.1) is 11.5 Å². The van der Waals surface area contributed by atoms with Crippen molar-refractivity contribution in [3.63, 3.8) is 0 Å². The molecule has 3 heterocycles. The molecule has 8 heteroatoms. The van der Waals surface area contributed by atoms with Gasteiger partial charge in [0, 0.05) is 31.3 Å². The Morgan fingerprint density at radius 2 is 2.00 bits per heavy atom. The maximum atomic E-state index is 13.6. The lowest BCUT2D eigenvalue weighted by atomic mass is 9.82. The Hall–Kier alpha value is -3.16. The Morgan fingerprint density at radius 3 is 2.75 bits per heavy atom. The van der Waals surface area contributed by atoms with E-state index in [0.717, 1.165) is 12.0 Å². The fourth-order valence-electron chi connectivity index (χ4n) is 4.69. The van der Waals surface area contributed by atoms with Gasteiger partial charge < -0.3 is 20.2 Å². The van der Waals surface area contributed by atoms with E-state index in [-0.39, 0.29) is 42.1 Å². The van der Waals surface area contributed by atoms with Gasteiger partial charge in [0.25, 0.3) is 5.91 Å². The van der Waals surface area contributed by atoms with Crippen molar-refractivity contribution in [1.82, 2.24) is 10.2 Å². The van der Waals surface area contributed by atoms with Gasteiger partial charge >= 0.3 is 0 Å². The molecule has 1 N–H and O–H groups in total. The fraction of sp³-hybridized carbons (Fsp3) is 0.458. The number of rotatable bonds is 4. The number of pyridine rings is 1. The van der Waals surface area contributed by atoms with E-state index in [0.29, 0.717) is 41.5 Å². The van der Waals surface area contributed by atoms with Crippen molar-refractivity contribution in [2.75, 3.05) is 19.7 Å². The molecule has 7 nitrogen and oxygen atoms in total. The first-order chi connectivity index (χ1) is 15.3. The van der Waals surface area contributed by atoms with Crippen LogP contribution in [0.15, 0.2) is 42.7 Å². The lowest BCUT2D eigenvalue weighted by Crippen LogP contribution is -2.53. The summed E-state index contributed by atoms with van der Waals surface area (Å²) in [5.74, 6) is 0.179. The zero-order valence-electron chi connectivity index (χ0n) is 18.3. The Kier molecular flexibility index (Phi) is 6.30. The zero-order valence-corrected chi connectivity index (χ0v) is 18.3. The van der Waals surface area contributed by atoms with Crippen LogP contribution < -0.4 is 14.8 Å². The lowest BCUT2D eigenvalue weighted by Gasteiger charge is -2.43. The Labute approximate surface area is 186 Å². The quantitative estimate of drug-likeness (QED) is 0.583. The molecule has 4 rings (SSSR count). The molecule has 4 atom stereocenters. The summed E-state index contributed by atoms with van der Waals surface area (Å²) in [4.78, 5) is 27.6. The molecule has 0 bridgehead atoms. The van der Waals surface area contributed by atoms with E-state index in [1.54, 1.807) is 6.07 Å². The highest BCUT2D eigenvalue weighted by Crippen LogP contribution is 2.32. The van der Waals surface area contributed by atoms with Crippen molar-refractivity contribution in [3.05, 3.63) is 64.9 Å². The van der Waals surface area contributed by atoms with Crippen molar-refractivity contribution < 1.29 is 23.4 Å². The minimum Gasteiger partial charge on any atom is -0.619 e. The molecular weight excluding hydrogens is 413 g/mol. The van der Waals surface area contributed by atoms with Gasteiger partial charge in [-0.15, -0.1) is 0 Å². The average molecular weight is 442 g/mol. The number of hydrogen-bond donors (Lipinski definition) is 1. The first-order valence-electron chi connectivity index (χ1n) is 11.0. The number of likely N-dealkylation sites (tertiary alicyclic amines) is 1. The first-order valence-corrected chi connectivity index (χ1v) is 11.0. The van der Waals surface area contributed by atoms with E-state index in [4.69, 9.17) is 4.74 Å². The van der Waals surface area contributed by atoms with Crippen LogP contribution in [0.5, 0.6) is 5.75 Å². The summed E-state index contributed by atoms with van der Waals surface area (Å²) in [7, 11) is 0.